The molecule has 4 aromatic carbocycles. The van der Waals surface area contributed by atoms with Gasteiger partial charge in [-0.3, -0.25) is 29.5 Å². The van der Waals surface area contributed by atoms with Gasteiger partial charge in [0, 0.05) is 5.92 Å². The molecule has 0 radical (unpaired) electrons. The summed E-state index contributed by atoms with van der Waals surface area (Å²) in [5.41, 5.74) is 4.93. The molecule has 6 atom stereocenters. The van der Waals surface area contributed by atoms with Crippen molar-refractivity contribution < 1.29 is 43.7 Å². The first-order chi connectivity index (χ1) is 26.0. The molecule has 4 aliphatic rings. The minimum atomic E-state index is -1.54. The molecule has 3 fully saturated rings. The van der Waals surface area contributed by atoms with Crippen molar-refractivity contribution in [2.75, 3.05) is 24.5 Å². The first-order valence-corrected chi connectivity index (χ1v) is 17.6. The van der Waals surface area contributed by atoms with Gasteiger partial charge in [0.1, 0.15) is 0 Å². The zero-order valence-corrected chi connectivity index (χ0v) is 29.7. The van der Waals surface area contributed by atoms with Gasteiger partial charge in [0.2, 0.25) is 17.6 Å². The number of carbonyl (C=O) groups is 5. The van der Waals surface area contributed by atoms with Gasteiger partial charge in [0.15, 0.2) is 11.5 Å². The molecule has 54 heavy (non-hydrogen) atoms. The Kier molecular flexibility index (Phi) is 8.28. The summed E-state index contributed by atoms with van der Waals surface area (Å²) in [5, 5.41) is 21.7. The lowest BCUT2D eigenvalue weighted by Gasteiger charge is -2.50. The van der Waals surface area contributed by atoms with Crippen LogP contribution in [0, 0.1) is 30.6 Å². The summed E-state index contributed by atoms with van der Waals surface area (Å²) in [7, 11) is 2.80. The number of amides is 4. The molecule has 8 rings (SSSR count). The van der Waals surface area contributed by atoms with E-state index in [1.165, 1.54) is 38.5 Å². The molecular weight excluding hydrogens is 690 g/mol. The second-order valence-corrected chi connectivity index (χ2v) is 14.2. The van der Waals surface area contributed by atoms with E-state index in [0.717, 1.165) is 15.5 Å². The zero-order valence-electron chi connectivity index (χ0n) is 29.7. The first kappa shape index (κ1) is 34.6. The number of nitrogens with zero attached hydrogens (tertiary/aromatic N) is 2. The number of allylic oxidation sites excluding steroid dienone is 2. The maximum atomic E-state index is 15.4. The van der Waals surface area contributed by atoms with Crippen molar-refractivity contribution >= 4 is 41.0 Å². The van der Waals surface area contributed by atoms with Crippen LogP contribution < -0.4 is 19.8 Å². The summed E-state index contributed by atoms with van der Waals surface area (Å²) >= 11 is 0. The molecule has 0 spiro atoms. The van der Waals surface area contributed by atoms with Crippen LogP contribution in [0.15, 0.2) is 103 Å². The molecule has 1 saturated carbocycles. The van der Waals surface area contributed by atoms with E-state index in [1.807, 2.05) is 55.5 Å². The Hall–Kier alpha value is -6.43. The number of hydrogen-bond donors (Lipinski definition) is 3. The molecule has 4 aromatic rings. The number of carbonyl (C=O) groups excluding carboxylic acids is 4. The molecule has 0 unspecified atom stereocenters. The van der Waals surface area contributed by atoms with Crippen LogP contribution in [0.1, 0.15) is 45.8 Å². The highest BCUT2D eigenvalue weighted by atomic mass is 16.5. The van der Waals surface area contributed by atoms with E-state index in [9.17, 15) is 29.4 Å². The van der Waals surface area contributed by atoms with Gasteiger partial charge in [-0.05, 0) is 79.3 Å². The van der Waals surface area contributed by atoms with Crippen molar-refractivity contribution in [2.24, 2.45) is 23.7 Å². The summed E-state index contributed by atoms with van der Waals surface area (Å²) in [4.78, 5) is 71.8. The van der Waals surface area contributed by atoms with E-state index in [0.29, 0.717) is 22.4 Å². The topological polar surface area (TPSA) is 163 Å². The number of aromatic carboxylic acids is 1. The average Bonchev–Trinajstić information content (AvgIpc) is 3.56. The number of benzene rings is 4. The number of methoxy groups -OCH3 is 2. The number of hydrazine groups is 1. The monoisotopic (exact) mass is 727 g/mol. The number of carboxylic acids is 1. The first-order valence-electron chi connectivity index (χ1n) is 17.6. The van der Waals surface area contributed by atoms with Gasteiger partial charge in [-0.1, -0.05) is 65.7 Å². The fraction of sp³-hybridized carbons (Fsp3) is 0.262. The van der Waals surface area contributed by atoms with Crippen molar-refractivity contribution in [3.63, 3.8) is 0 Å². The van der Waals surface area contributed by atoms with Crippen LogP contribution in [-0.2, 0) is 24.6 Å². The van der Waals surface area contributed by atoms with E-state index in [2.05, 4.69) is 5.43 Å². The number of rotatable bonds is 8. The number of nitrogens with one attached hydrogen (secondary N) is 1. The van der Waals surface area contributed by atoms with Crippen molar-refractivity contribution in [1.82, 2.24) is 5.01 Å². The van der Waals surface area contributed by atoms with E-state index >= 15 is 4.79 Å². The van der Waals surface area contributed by atoms with Gasteiger partial charge >= 0.3 is 5.97 Å². The molecule has 12 nitrogen and oxygen atoms in total. The predicted octanol–water partition coefficient (Wildman–Crippen LogP) is 5.61. The Bertz CT molecular complexity index is 2250. The van der Waals surface area contributed by atoms with Crippen LogP contribution in [0.4, 0.5) is 11.4 Å². The number of imide groups is 2. The number of phenolic OH excluding ortho intramolecular Hbond substituents is 1. The van der Waals surface area contributed by atoms with E-state index in [4.69, 9.17) is 9.47 Å². The number of phenols is 1. The lowest BCUT2D eigenvalue weighted by Crippen LogP contribution is -2.53. The van der Waals surface area contributed by atoms with Gasteiger partial charge in [-0.15, -0.1) is 0 Å². The molecule has 0 bridgehead atoms. The Morgan fingerprint density at radius 2 is 1.52 bits per heavy atom. The third kappa shape index (κ3) is 5.00. The molecule has 12 heteroatoms. The number of aryl methyl sites for hydroxylation is 1. The highest BCUT2D eigenvalue weighted by Gasteiger charge is 2.70. The minimum absolute atomic E-state index is 0.0707. The Morgan fingerprint density at radius 1 is 0.833 bits per heavy atom. The van der Waals surface area contributed by atoms with Crippen LogP contribution in [0.2, 0.25) is 0 Å². The quantitative estimate of drug-likeness (QED) is 0.154. The van der Waals surface area contributed by atoms with Gasteiger partial charge in [-0.25, -0.2) is 4.79 Å². The molecule has 0 aromatic heterocycles. The Morgan fingerprint density at radius 3 is 2.17 bits per heavy atom. The summed E-state index contributed by atoms with van der Waals surface area (Å²) in [5.74, 6) is -7.44. The summed E-state index contributed by atoms with van der Waals surface area (Å²) in [6, 6.07) is 25.3. The largest absolute Gasteiger partial charge is 0.502 e. The summed E-state index contributed by atoms with van der Waals surface area (Å²) < 4.78 is 11.2. The molecule has 274 valence electrons. The van der Waals surface area contributed by atoms with Gasteiger partial charge in [0.25, 0.3) is 11.8 Å². The molecule has 3 N–H and O–H groups in total. The fourth-order valence-corrected chi connectivity index (χ4v) is 9.24. The third-order valence-corrected chi connectivity index (χ3v) is 11.6. The van der Waals surface area contributed by atoms with Crippen LogP contribution in [0.25, 0.3) is 0 Å². The molecular formula is C42H37N3O9. The van der Waals surface area contributed by atoms with Crippen LogP contribution in [-0.4, -0.2) is 59.0 Å². The minimum Gasteiger partial charge on any atom is -0.502 e. The van der Waals surface area contributed by atoms with Crippen molar-refractivity contribution in [2.45, 2.75) is 31.1 Å². The van der Waals surface area contributed by atoms with E-state index in [-0.39, 0.29) is 41.3 Å². The zero-order chi connectivity index (χ0) is 38.1. The fourth-order valence-electron chi connectivity index (χ4n) is 9.24. The van der Waals surface area contributed by atoms with Crippen molar-refractivity contribution in [3.8, 4) is 17.2 Å². The smallest absolute Gasteiger partial charge is 0.335 e. The highest BCUT2D eigenvalue weighted by Crippen LogP contribution is 2.65. The number of aromatic hydroxyl groups is 1. The SMILES string of the molecule is COc1cc([C@H]2C3=CC[C@@H]4C(=O)N(c5cccc(C(=O)O)c5)C(=O)[C@@H]4[C@@H]3C[C@H]3C(=O)N(Nc4ccc(C)cc4)C(=O)[C@@]23c2ccccc2)cc(OC)c1O. The highest BCUT2D eigenvalue weighted by molar-refractivity contribution is 6.23. The van der Waals surface area contributed by atoms with Gasteiger partial charge in [0.05, 0.1) is 54.3 Å². The average molecular weight is 728 g/mol. The Labute approximate surface area is 310 Å². The predicted molar refractivity (Wildman–Crippen MR) is 196 cm³/mol. The number of fused-ring (bicyclic) bond motifs is 4. The molecule has 2 saturated heterocycles. The molecule has 2 aliphatic heterocycles. The van der Waals surface area contributed by atoms with Crippen LogP contribution in [0.3, 0.4) is 0 Å². The summed E-state index contributed by atoms with van der Waals surface area (Å²) in [6.45, 7) is 1.93. The van der Waals surface area contributed by atoms with Gasteiger partial charge in [-0.2, -0.15) is 5.01 Å². The second-order valence-electron chi connectivity index (χ2n) is 14.2. The van der Waals surface area contributed by atoms with E-state index in [1.54, 1.807) is 24.3 Å². The van der Waals surface area contributed by atoms with Crippen LogP contribution in [0.5, 0.6) is 17.2 Å². The summed E-state index contributed by atoms with van der Waals surface area (Å²) in [6.07, 6.45) is 2.16. The second kappa shape index (κ2) is 12.9. The normalized spacial score (nSPS) is 25.8. The standard InChI is InChI=1S/C42H37N3O9/c1-22-12-14-26(15-13-22)43-45-38(48)31-21-30-28(16-17-29-34(30)39(49)44(37(29)47)27-11-7-8-23(18-27)40(50)51)35(24-19-32(53-2)36(46)33(20-24)54-3)42(31,41(45)52)25-9-5-4-6-10-25/h4-16,18-20,29-31,34-35,43,46H,17,21H2,1-3H3,(H,50,51)/t29-,30+,31-,34-,35-,42+/m0/s1. The molecule has 2 heterocycles. The van der Waals surface area contributed by atoms with E-state index < -0.39 is 64.6 Å². The lowest BCUT2D eigenvalue weighted by molar-refractivity contribution is -0.138. The third-order valence-electron chi connectivity index (χ3n) is 11.6. The Balaban J connectivity index is 1.34. The van der Waals surface area contributed by atoms with Crippen molar-refractivity contribution in [3.05, 3.63) is 125 Å². The number of carboxylic acid groups (broad SMARTS) is 1. The number of ether oxygens (including phenoxy) is 2. The lowest BCUT2D eigenvalue weighted by atomic mass is 9.49. The van der Waals surface area contributed by atoms with Crippen LogP contribution >= 0.6 is 0 Å². The number of anilines is 2. The molecule has 4 amide bonds. The van der Waals surface area contributed by atoms with Gasteiger partial charge < -0.3 is 19.7 Å². The maximum Gasteiger partial charge on any atom is 0.335 e. The van der Waals surface area contributed by atoms with Crippen molar-refractivity contribution in [1.29, 1.82) is 0 Å². The maximum absolute atomic E-state index is 15.4. The number of hydrogen-bond acceptors (Lipinski definition) is 9. The molecule has 2 aliphatic carbocycles.